The standard InChI is InChI=1S/C19H30N4O3.HI/c1-20-19(21-8-4-5-9-23-10-12-24-13-11-23)22-14-16-15-25-17-6-2-3-7-18(17)26-16;/h2-3,6-7,16H,4-5,8-15H2,1H3,(H2,20,21,22);1H. The van der Waals surface area contributed by atoms with Gasteiger partial charge < -0.3 is 24.8 Å². The molecule has 152 valence electrons. The minimum absolute atomic E-state index is 0. The zero-order chi connectivity index (χ0) is 18.0. The number of hydrogen-bond donors (Lipinski definition) is 2. The molecule has 1 aromatic carbocycles. The van der Waals surface area contributed by atoms with Crippen molar-refractivity contribution in [2.45, 2.75) is 18.9 Å². The van der Waals surface area contributed by atoms with Crippen LogP contribution in [0.15, 0.2) is 29.3 Å². The number of morpholine rings is 1. The van der Waals surface area contributed by atoms with E-state index in [0.29, 0.717) is 13.2 Å². The highest BCUT2D eigenvalue weighted by molar-refractivity contribution is 14.0. The predicted molar refractivity (Wildman–Crippen MR) is 118 cm³/mol. The quantitative estimate of drug-likeness (QED) is 0.263. The zero-order valence-electron chi connectivity index (χ0n) is 16.0. The lowest BCUT2D eigenvalue weighted by molar-refractivity contribution is 0.0372. The number of unbranched alkanes of at least 4 members (excludes halogenated alkanes) is 1. The van der Waals surface area contributed by atoms with Crippen LogP contribution in [0.3, 0.4) is 0 Å². The fraction of sp³-hybridized carbons (Fsp3) is 0.632. The molecule has 0 radical (unpaired) electrons. The zero-order valence-corrected chi connectivity index (χ0v) is 18.3. The molecule has 2 aliphatic rings. The number of rotatable bonds is 7. The largest absolute Gasteiger partial charge is 0.486 e. The number of nitrogens with one attached hydrogen (secondary N) is 2. The maximum absolute atomic E-state index is 5.95. The number of guanidine groups is 1. The first-order valence-electron chi connectivity index (χ1n) is 9.48. The molecular weight excluding hydrogens is 459 g/mol. The molecular formula is C19H31IN4O3. The van der Waals surface area contributed by atoms with E-state index in [1.54, 1.807) is 7.05 Å². The van der Waals surface area contributed by atoms with Gasteiger partial charge in [0.05, 0.1) is 19.8 Å². The summed E-state index contributed by atoms with van der Waals surface area (Å²) < 4.78 is 17.1. The van der Waals surface area contributed by atoms with Gasteiger partial charge >= 0.3 is 0 Å². The molecule has 2 N–H and O–H groups in total. The van der Waals surface area contributed by atoms with Crippen LogP contribution in [0.4, 0.5) is 0 Å². The van der Waals surface area contributed by atoms with Crippen molar-refractivity contribution in [3.05, 3.63) is 24.3 Å². The number of benzene rings is 1. The molecule has 8 heteroatoms. The second-order valence-electron chi connectivity index (χ2n) is 6.54. The summed E-state index contributed by atoms with van der Waals surface area (Å²) in [6, 6.07) is 7.76. The highest BCUT2D eigenvalue weighted by atomic mass is 127. The van der Waals surface area contributed by atoms with Gasteiger partial charge in [0.15, 0.2) is 17.5 Å². The van der Waals surface area contributed by atoms with Crippen molar-refractivity contribution in [3.63, 3.8) is 0 Å². The van der Waals surface area contributed by atoms with Crippen LogP contribution >= 0.6 is 24.0 Å². The van der Waals surface area contributed by atoms with E-state index in [1.807, 2.05) is 24.3 Å². The van der Waals surface area contributed by atoms with Gasteiger partial charge in [-0.2, -0.15) is 0 Å². The van der Waals surface area contributed by atoms with Gasteiger partial charge in [0.1, 0.15) is 12.7 Å². The van der Waals surface area contributed by atoms with Crippen LogP contribution in [0.2, 0.25) is 0 Å². The van der Waals surface area contributed by atoms with E-state index in [1.165, 1.54) is 6.42 Å². The van der Waals surface area contributed by atoms with E-state index >= 15 is 0 Å². The Kier molecular flexibility index (Phi) is 10.00. The number of halogens is 1. The SMILES string of the molecule is CN=C(NCCCCN1CCOCC1)NCC1COc2ccccc2O1.I. The number of para-hydroxylation sites is 2. The van der Waals surface area contributed by atoms with E-state index in [0.717, 1.165) is 63.3 Å². The van der Waals surface area contributed by atoms with Gasteiger partial charge in [-0.25, -0.2) is 0 Å². The Hall–Kier alpha value is -1.26. The summed E-state index contributed by atoms with van der Waals surface area (Å²) in [6.45, 7) is 7.10. The van der Waals surface area contributed by atoms with Crippen molar-refractivity contribution < 1.29 is 14.2 Å². The van der Waals surface area contributed by atoms with Gasteiger partial charge in [-0.3, -0.25) is 9.89 Å². The monoisotopic (exact) mass is 490 g/mol. The lowest BCUT2D eigenvalue weighted by Crippen LogP contribution is -2.45. The third-order valence-corrected chi connectivity index (χ3v) is 4.59. The first kappa shape index (κ1) is 22.0. The van der Waals surface area contributed by atoms with Crippen LogP contribution in [-0.2, 0) is 4.74 Å². The minimum Gasteiger partial charge on any atom is -0.486 e. The molecule has 2 aliphatic heterocycles. The Balaban J connectivity index is 0.00000261. The van der Waals surface area contributed by atoms with Crippen molar-refractivity contribution in [1.82, 2.24) is 15.5 Å². The molecule has 27 heavy (non-hydrogen) atoms. The van der Waals surface area contributed by atoms with E-state index in [9.17, 15) is 0 Å². The molecule has 0 bridgehead atoms. The van der Waals surface area contributed by atoms with E-state index in [2.05, 4.69) is 20.5 Å². The molecule has 1 fully saturated rings. The topological polar surface area (TPSA) is 67.4 Å². The van der Waals surface area contributed by atoms with Crippen LogP contribution in [0.1, 0.15) is 12.8 Å². The van der Waals surface area contributed by atoms with E-state index < -0.39 is 0 Å². The highest BCUT2D eigenvalue weighted by Gasteiger charge is 2.20. The van der Waals surface area contributed by atoms with Gasteiger partial charge in [0.25, 0.3) is 0 Å². The van der Waals surface area contributed by atoms with Gasteiger partial charge in [0, 0.05) is 26.7 Å². The van der Waals surface area contributed by atoms with Gasteiger partial charge in [-0.15, -0.1) is 24.0 Å². The van der Waals surface area contributed by atoms with Crippen molar-refractivity contribution in [2.75, 3.05) is 59.6 Å². The fourth-order valence-corrected chi connectivity index (χ4v) is 3.09. The molecule has 0 saturated carbocycles. The van der Waals surface area contributed by atoms with Crippen molar-refractivity contribution in [3.8, 4) is 11.5 Å². The third-order valence-electron chi connectivity index (χ3n) is 4.59. The molecule has 1 aromatic rings. The lowest BCUT2D eigenvalue weighted by atomic mass is 10.2. The third kappa shape index (κ3) is 7.34. The molecule has 3 rings (SSSR count). The second-order valence-corrected chi connectivity index (χ2v) is 6.54. The normalized spacial score (nSPS) is 19.9. The number of nitrogens with zero attached hydrogens (tertiary/aromatic N) is 2. The van der Waals surface area contributed by atoms with Crippen LogP contribution in [-0.4, -0.2) is 76.6 Å². The predicted octanol–water partition coefficient (Wildman–Crippen LogP) is 1.72. The number of aliphatic imine (C=N–C) groups is 1. The molecule has 1 atom stereocenters. The molecule has 0 spiro atoms. The maximum atomic E-state index is 5.95. The molecule has 2 heterocycles. The van der Waals surface area contributed by atoms with Crippen LogP contribution in [0, 0.1) is 0 Å². The van der Waals surface area contributed by atoms with Crippen LogP contribution < -0.4 is 20.1 Å². The number of fused-ring (bicyclic) bond motifs is 1. The molecule has 0 aliphatic carbocycles. The minimum atomic E-state index is -0.0234. The lowest BCUT2D eigenvalue weighted by Gasteiger charge is -2.27. The Morgan fingerprint density at radius 2 is 1.93 bits per heavy atom. The Labute approximate surface area is 178 Å². The van der Waals surface area contributed by atoms with Crippen molar-refractivity contribution in [2.24, 2.45) is 4.99 Å². The first-order chi connectivity index (χ1) is 12.8. The maximum Gasteiger partial charge on any atom is 0.191 e. The summed E-state index contributed by atoms with van der Waals surface area (Å²) in [7, 11) is 1.79. The molecule has 0 amide bonds. The van der Waals surface area contributed by atoms with E-state index in [4.69, 9.17) is 14.2 Å². The average Bonchev–Trinajstić information content (AvgIpc) is 2.70. The average molecular weight is 490 g/mol. The van der Waals surface area contributed by atoms with Crippen LogP contribution in [0.5, 0.6) is 11.5 Å². The summed E-state index contributed by atoms with van der Waals surface area (Å²) >= 11 is 0. The van der Waals surface area contributed by atoms with Crippen molar-refractivity contribution >= 4 is 29.9 Å². The number of hydrogen-bond acceptors (Lipinski definition) is 5. The van der Waals surface area contributed by atoms with Gasteiger partial charge in [-0.1, -0.05) is 12.1 Å². The Bertz CT molecular complexity index is 582. The summed E-state index contributed by atoms with van der Waals surface area (Å²) in [5, 5.41) is 6.68. The summed E-state index contributed by atoms with van der Waals surface area (Å²) in [5.41, 5.74) is 0. The highest BCUT2D eigenvalue weighted by Crippen LogP contribution is 2.30. The van der Waals surface area contributed by atoms with Crippen molar-refractivity contribution in [1.29, 1.82) is 0 Å². The second kappa shape index (κ2) is 12.2. The molecule has 1 unspecified atom stereocenters. The molecule has 0 aromatic heterocycles. The smallest absolute Gasteiger partial charge is 0.191 e. The Morgan fingerprint density at radius 1 is 1.15 bits per heavy atom. The number of ether oxygens (including phenoxy) is 3. The molecule has 1 saturated heterocycles. The fourth-order valence-electron chi connectivity index (χ4n) is 3.09. The van der Waals surface area contributed by atoms with Crippen LogP contribution in [0.25, 0.3) is 0 Å². The summed E-state index contributed by atoms with van der Waals surface area (Å²) in [6.07, 6.45) is 2.28. The summed E-state index contributed by atoms with van der Waals surface area (Å²) in [5.74, 6) is 2.42. The van der Waals surface area contributed by atoms with Gasteiger partial charge in [-0.05, 0) is 31.5 Å². The van der Waals surface area contributed by atoms with E-state index in [-0.39, 0.29) is 30.1 Å². The molecule has 7 nitrogen and oxygen atoms in total. The Morgan fingerprint density at radius 3 is 2.70 bits per heavy atom. The van der Waals surface area contributed by atoms with Gasteiger partial charge in [0.2, 0.25) is 0 Å². The first-order valence-corrected chi connectivity index (χ1v) is 9.48. The summed E-state index contributed by atoms with van der Waals surface area (Å²) in [4.78, 5) is 6.74.